The fourth-order valence-corrected chi connectivity index (χ4v) is 3.37. The summed E-state index contributed by atoms with van der Waals surface area (Å²) in [7, 11) is 0. The molecule has 0 aliphatic rings. The first kappa shape index (κ1) is 21.8. The number of rotatable bonds is 7. The van der Waals surface area contributed by atoms with E-state index in [1.54, 1.807) is 24.4 Å². The lowest BCUT2D eigenvalue weighted by atomic mass is 10.0. The van der Waals surface area contributed by atoms with Gasteiger partial charge >= 0.3 is 0 Å². The van der Waals surface area contributed by atoms with Gasteiger partial charge in [-0.3, -0.25) is 14.6 Å². The van der Waals surface area contributed by atoms with Gasteiger partial charge in [0.1, 0.15) is 0 Å². The molecule has 0 fully saturated rings. The highest BCUT2D eigenvalue weighted by Gasteiger charge is 2.10. The Morgan fingerprint density at radius 3 is 2.30 bits per heavy atom. The van der Waals surface area contributed by atoms with E-state index in [1.807, 2.05) is 72.8 Å². The summed E-state index contributed by atoms with van der Waals surface area (Å²) in [6, 6.07) is 28.1. The predicted octanol–water partition coefficient (Wildman–Crippen LogP) is 4.44. The highest BCUT2D eigenvalue weighted by Crippen LogP contribution is 2.27. The molecule has 4 N–H and O–H groups in total. The zero-order chi connectivity index (χ0) is 23.0. The number of nitrogens with zero attached hydrogens (tertiary/aromatic N) is 1. The third-order valence-electron chi connectivity index (χ3n) is 5.18. The Balaban J connectivity index is 1.36. The minimum Gasteiger partial charge on any atom is -0.397 e. The van der Waals surface area contributed by atoms with Crippen LogP contribution in [0.15, 0.2) is 97.2 Å². The smallest absolute Gasteiger partial charge is 0.255 e. The van der Waals surface area contributed by atoms with Crippen LogP contribution in [0.1, 0.15) is 21.6 Å². The third-order valence-corrected chi connectivity index (χ3v) is 5.18. The van der Waals surface area contributed by atoms with Crippen molar-refractivity contribution >= 4 is 23.2 Å². The lowest BCUT2D eigenvalue weighted by Gasteiger charge is -2.11. The van der Waals surface area contributed by atoms with Crippen LogP contribution in [0.5, 0.6) is 0 Å². The Labute approximate surface area is 192 Å². The van der Waals surface area contributed by atoms with E-state index in [1.165, 1.54) is 0 Å². The zero-order valence-electron chi connectivity index (χ0n) is 18.0. The fraction of sp³-hybridized carbons (Fsp3) is 0.0741. The number of carbonyl (C=O) groups excluding carboxylic acids is 2. The number of nitrogens with two attached hydrogens (primary N) is 1. The molecule has 4 rings (SSSR count). The standard InChI is InChI=1S/C27H24N4O2/c28-24-14-13-22(20-6-2-1-3-7-20)16-25(24)31-27(33)21-11-9-19(10-12-21)18-30-26(32)17-23-8-4-5-15-29-23/h1-16H,17-18,28H2,(H,30,32)(H,31,33). The molecule has 0 bridgehead atoms. The monoisotopic (exact) mass is 436 g/mol. The lowest BCUT2D eigenvalue weighted by molar-refractivity contribution is -0.120. The fourth-order valence-electron chi connectivity index (χ4n) is 3.37. The Morgan fingerprint density at radius 1 is 0.818 bits per heavy atom. The topological polar surface area (TPSA) is 97.1 Å². The van der Waals surface area contributed by atoms with E-state index in [9.17, 15) is 9.59 Å². The molecule has 1 heterocycles. The second kappa shape index (κ2) is 10.2. The first-order valence-electron chi connectivity index (χ1n) is 10.6. The summed E-state index contributed by atoms with van der Waals surface area (Å²) in [5.41, 5.74) is 11.3. The van der Waals surface area contributed by atoms with Gasteiger partial charge in [-0.1, -0.05) is 54.6 Å². The number of aromatic nitrogens is 1. The van der Waals surface area contributed by atoms with E-state index in [2.05, 4.69) is 15.6 Å². The first-order chi connectivity index (χ1) is 16.1. The molecule has 0 saturated heterocycles. The Hall–Kier alpha value is -4.45. The summed E-state index contributed by atoms with van der Waals surface area (Å²) >= 11 is 0. The molecule has 1 aromatic heterocycles. The number of hydrogen-bond donors (Lipinski definition) is 3. The maximum Gasteiger partial charge on any atom is 0.255 e. The number of hydrogen-bond acceptors (Lipinski definition) is 4. The van der Waals surface area contributed by atoms with Gasteiger partial charge in [0.15, 0.2) is 0 Å². The molecule has 0 aliphatic carbocycles. The maximum atomic E-state index is 12.8. The van der Waals surface area contributed by atoms with E-state index in [4.69, 9.17) is 5.73 Å². The van der Waals surface area contributed by atoms with Crippen LogP contribution in [0, 0.1) is 0 Å². The van der Waals surface area contributed by atoms with Crippen LogP contribution in [0.25, 0.3) is 11.1 Å². The highest BCUT2D eigenvalue weighted by molar-refractivity contribution is 6.06. The Kier molecular flexibility index (Phi) is 6.75. The van der Waals surface area contributed by atoms with Gasteiger partial charge in [-0.25, -0.2) is 0 Å². The van der Waals surface area contributed by atoms with Crippen molar-refractivity contribution in [2.75, 3.05) is 11.1 Å². The van der Waals surface area contributed by atoms with Crippen LogP contribution in [-0.2, 0) is 17.8 Å². The number of nitrogens with one attached hydrogen (secondary N) is 2. The molecular weight excluding hydrogens is 412 g/mol. The van der Waals surface area contributed by atoms with E-state index in [-0.39, 0.29) is 18.2 Å². The van der Waals surface area contributed by atoms with Crippen LogP contribution in [0.3, 0.4) is 0 Å². The van der Waals surface area contributed by atoms with E-state index < -0.39 is 0 Å². The van der Waals surface area contributed by atoms with Gasteiger partial charge in [0.05, 0.1) is 17.8 Å². The van der Waals surface area contributed by atoms with Gasteiger partial charge in [-0.05, 0) is 53.1 Å². The first-order valence-corrected chi connectivity index (χ1v) is 10.6. The summed E-state index contributed by atoms with van der Waals surface area (Å²) in [6.07, 6.45) is 1.89. The van der Waals surface area contributed by atoms with Crippen LogP contribution in [-0.4, -0.2) is 16.8 Å². The molecule has 0 atom stereocenters. The van der Waals surface area contributed by atoms with Crippen molar-refractivity contribution in [2.45, 2.75) is 13.0 Å². The van der Waals surface area contributed by atoms with Crippen molar-refractivity contribution in [1.29, 1.82) is 0 Å². The number of anilines is 2. The number of benzene rings is 3. The van der Waals surface area contributed by atoms with Crippen molar-refractivity contribution in [3.8, 4) is 11.1 Å². The minimum atomic E-state index is -0.252. The highest BCUT2D eigenvalue weighted by atomic mass is 16.2. The molecule has 164 valence electrons. The summed E-state index contributed by atoms with van der Waals surface area (Å²) in [5.74, 6) is -0.359. The number of pyridine rings is 1. The molecule has 2 amide bonds. The second-order valence-corrected chi connectivity index (χ2v) is 7.59. The second-order valence-electron chi connectivity index (χ2n) is 7.59. The van der Waals surface area contributed by atoms with Gasteiger partial charge in [-0.15, -0.1) is 0 Å². The van der Waals surface area contributed by atoms with Crippen LogP contribution in [0.2, 0.25) is 0 Å². The molecule has 0 radical (unpaired) electrons. The summed E-state index contributed by atoms with van der Waals surface area (Å²) < 4.78 is 0. The third kappa shape index (κ3) is 5.83. The van der Waals surface area contributed by atoms with Gasteiger partial charge in [-0.2, -0.15) is 0 Å². The lowest BCUT2D eigenvalue weighted by Crippen LogP contribution is -2.24. The van der Waals surface area contributed by atoms with Crippen molar-refractivity contribution in [1.82, 2.24) is 10.3 Å². The summed E-state index contributed by atoms with van der Waals surface area (Å²) in [4.78, 5) is 29.0. The van der Waals surface area contributed by atoms with Crippen LogP contribution in [0.4, 0.5) is 11.4 Å². The van der Waals surface area contributed by atoms with Gasteiger partial charge in [0.2, 0.25) is 5.91 Å². The number of nitrogen functional groups attached to an aromatic ring is 1. The molecule has 0 saturated carbocycles. The quantitative estimate of drug-likeness (QED) is 0.373. The summed E-state index contributed by atoms with van der Waals surface area (Å²) in [5, 5.41) is 5.76. The normalized spacial score (nSPS) is 10.4. The van der Waals surface area contributed by atoms with Crippen molar-refractivity contribution in [3.05, 3.63) is 114 Å². The van der Waals surface area contributed by atoms with E-state index in [0.29, 0.717) is 23.5 Å². The van der Waals surface area contributed by atoms with Crippen LogP contribution >= 0.6 is 0 Å². The molecule has 0 aliphatic heterocycles. The molecule has 33 heavy (non-hydrogen) atoms. The van der Waals surface area contributed by atoms with Crippen molar-refractivity contribution in [3.63, 3.8) is 0 Å². The zero-order valence-corrected chi connectivity index (χ0v) is 18.0. The van der Waals surface area contributed by atoms with E-state index in [0.717, 1.165) is 22.4 Å². The molecule has 6 heteroatoms. The van der Waals surface area contributed by atoms with Crippen molar-refractivity contribution < 1.29 is 9.59 Å². The molecule has 0 spiro atoms. The Bertz CT molecular complexity index is 1240. The van der Waals surface area contributed by atoms with E-state index >= 15 is 0 Å². The average molecular weight is 437 g/mol. The predicted molar refractivity (Wildman–Crippen MR) is 130 cm³/mol. The van der Waals surface area contributed by atoms with Crippen molar-refractivity contribution in [2.24, 2.45) is 0 Å². The largest absolute Gasteiger partial charge is 0.397 e. The molecule has 0 unspecified atom stereocenters. The maximum absolute atomic E-state index is 12.8. The molecule has 4 aromatic rings. The molecular formula is C27H24N4O2. The van der Waals surface area contributed by atoms with Gasteiger partial charge < -0.3 is 16.4 Å². The van der Waals surface area contributed by atoms with Crippen LogP contribution < -0.4 is 16.4 Å². The molecule has 3 aromatic carbocycles. The molecule has 6 nitrogen and oxygen atoms in total. The van der Waals surface area contributed by atoms with Gasteiger partial charge in [0.25, 0.3) is 5.91 Å². The average Bonchev–Trinajstić information content (AvgIpc) is 2.85. The SMILES string of the molecule is Nc1ccc(-c2ccccc2)cc1NC(=O)c1ccc(CNC(=O)Cc2ccccn2)cc1. The van der Waals surface area contributed by atoms with Gasteiger partial charge in [0, 0.05) is 24.0 Å². The number of carbonyl (C=O) groups is 2. The summed E-state index contributed by atoms with van der Waals surface area (Å²) in [6.45, 7) is 0.375. The minimum absolute atomic E-state index is 0.107. The Morgan fingerprint density at radius 2 is 1.58 bits per heavy atom. The number of amides is 2.